The molecular formula is C15H20N2O3S. The van der Waals surface area contributed by atoms with E-state index in [4.69, 9.17) is 4.74 Å². The van der Waals surface area contributed by atoms with Crippen molar-refractivity contribution < 1.29 is 14.3 Å². The molecule has 1 aliphatic heterocycles. The summed E-state index contributed by atoms with van der Waals surface area (Å²) in [5.41, 5.74) is 1.04. The first kappa shape index (κ1) is 15.6. The molecule has 0 saturated carbocycles. The van der Waals surface area contributed by atoms with E-state index in [1.165, 1.54) is 7.11 Å². The van der Waals surface area contributed by atoms with Crippen molar-refractivity contribution in [3.05, 3.63) is 28.5 Å². The molecule has 1 saturated heterocycles. The van der Waals surface area contributed by atoms with Crippen molar-refractivity contribution >= 4 is 29.4 Å². The van der Waals surface area contributed by atoms with Gasteiger partial charge in [-0.15, -0.1) is 0 Å². The zero-order valence-electron chi connectivity index (χ0n) is 12.1. The number of likely N-dealkylation sites (tertiary alicyclic amines) is 1. The van der Waals surface area contributed by atoms with Gasteiger partial charge in [0.05, 0.1) is 7.11 Å². The van der Waals surface area contributed by atoms with Gasteiger partial charge in [-0.1, -0.05) is 0 Å². The summed E-state index contributed by atoms with van der Waals surface area (Å²) < 4.78 is 4.70. The molecule has 0 atom stereocenters. The molecule has 1 aromatic rings. The van der Waals surface area contributed by atoms with E-state index in [1.807, 2.05) is 22.9 Å². The van der Waals surface area contributed by atoms with Gasteiger partial charge in [0, 0.05) is 25.7 Å². The summed E-state index contributed by atoms with van der Waals surface area (Å²) in [4.78, 5) is 24.8. The lowest BCUT2D eigenvalue weighted by atomic mass is 9.97. The van der Waals surface area contributed by atoms with Crippen LogP contribution in [0.1, 0.15) is 18.4 Å². The lowest BCUT2D eigenvalue weighted by molar-refractivity contribution is -0.116. The number of amides is 2. The van der Waals surface area contributed by atoms with Crippen molar-refractivity contribution in [2.75, 3.05) is 26.7 Å². The number of thiophene rings is 1. The van der Waals surface area contributed by atoms with Crippen molar-refractivity contribution in [2.24, 2.45) is 5.92 Å². The first-order valence-corrected chi connectivity index (χ1v) is 7.94. The zero-order valence-corrected chi connectivity index (χ0v) is 12.9. The normalized spacial score (nSPS) is 16.1. The van der Waals surface area contributed by atoms with Gasteiger partial charge >= 0.3 is 6.09 Å². The van der Waals surface area contributed by atoms with Gasteiger partial charge in [0.25, 0.3) is 0 Å². The molecule has 1 aliphatic rings. The van der Waals surface area contributed by atoms with Gasteiger partial charge in [0.2, 0.25) is 5.91 Å². The number of rotatable bonds is 4. The van der Waals surface area contributed by atoms with Crippen LogP contribution in [-0.2, 0) is 9.53 Å². The Kier molecular flexibility index (Phi) is 5.80. The van der Waals surface area contributed by atoms with Crippen LogP contribution in [0.2, 0.25) is 0 Å². The number of hydrogen-bond acceptors (Lipinski definition) is 4. The Morgan fingerprint density at radius 1 is 1.48 bits per heavy atom. The molecule has 5 nitrogen and oxygen atoms in total. The van der Waals surface area contributed by atoms with Crippen LogP contribution in [0.15, 0.2) is 22.9 Å². The monoisotopic (exact) mass is 308 g/mol. The van der Waals surface area contributed by atoms with Crippen molar-refractivity contribution in [1.82, 2.24) is 10.2 Å². The molecule has 0 unspecified atom stereocenters. The van der Waals surface area contributed by atoms with Crippen LogP contribution < -0.4 is 5.32 Å². The summed E-state index contributed by atoms with van der Waals surface area (Å²) >= 11 is 1.61. The number of nitrogens with zero attached hydrogens (tertiary/aromatic N) is 1. The van der Waals surface area contributed by atoms with E-state index in [2.05, 4.69) is 5.32 Å². The predicted octanol–water partition coefficient (Wildman–Crippen LogP) is 2.36. The zero-order chi connectivity index (χ0) is 15.1. The average Bonchev–Trinajstić information content (AvgIpc) is 3.04. The molecule has 1 N–H and O–H groups in total. The third-order valence-electron chi connectivity index (χ3n) is 3.58. The molecular weight excluding hydrogens is 288 g/mol. The van der Waals surface area contributed by atoms with Gasteiger partial charge in [-0.2, -0.15) is 11.3 Å². The minimum Gasteiger partial charge on any atom is -0.453 e. The number of carbonyl (C=O) groups excluding carboxylic acids is 2. The predicted molar refractivity (Wildman–Crippen MR) is 83.1 cm³/mol. The van der Waals surface area contributed by atoms with E-state index in [0.29, 0.717) is 25.6 Å². The van der Waals surface area contributed by atoms with Crippen molar-refractivity contribution in [1.29, 1.82) is 0 Å². The Morgan fingerprint density at radius 2 is 2.24 bits per heavy atom. The molecule has 0 spiro atoms. The number of piperidine rings is 1. The van der Waals surface area contributed by atoms with E-state index >= 15 is 0 Å². The number of hydrogen-bond donors (Lipinski definition) is 1. The van der Waals surface area contributed by atoms with Crippen LogP contribution in [0.3, 0.4) is 0 Å². The van der Waals surface area contributed by atoms with Gasteiger partial charge < -0.3 is 15.0 Å². The largest absolute Gasteiger partial charge is 0.453 e. The number of methoxy groups -OCH3 is 1. The molecule has 0 aromatic carbocycles. The van der Waals surface area contributed by atoms with Crippen LogP contribution in [0.25, 0.3) is 6.08 Å². The molecule has 0 aliphatic carbocycles. The van der Waals surface area contributed by atoms with Crippen molar-refractivity contribution in [2.45, 2.75) is 12.8 Å². The molecule has 114 valence electrons. The van der Waals surface area contributed by atoms with E-state index in [-0.39, 0.29) is 12.0 Å². The molecule has 2 heterocycles. The first-order valence-electron chi connectivity index (χ1n) is 7.00. The fourth-order valence-corrected chi connectivity index (χ4v) is 2.92. The topological polar surface area (TPSA) is 58.6 Å². The van der Waals surface area contributed by atoms with Gasteiger partial charge in [0.15, 0.2) is 0 Å². The Bertz CT molecular complexity index is 491. The highest BCUT2D eigenvalue weighted by Crippen LogP contribution is 2.16. The van der Waals surface area contributed by atoms with Crippen LogP contribution in [0.4, 0.5) is 4.79 Å². The molecule has 0 radical (unpaired) electrons. The number of carbonyl (C=O) groups is 2. The summed E-state index contributed by atoms with van der Waals surface area (Å²) in [5, 5.41) is 6.89. The lowest BCUT2D eigenvalue weighted by Crippen LogP contribution is -2.41. The Labute approximate surface area is 128 Å². The maximum atomic E-state index is 11.7. The third kappa shape index (κ3) is 4.90. The SMILES string of the molecule is COC(=O)N1CCC(CNC(=O)C=Cc2ccsc2)CC1. The van der Waals surface area contributed by atoms with Crippen molar-refractivity contribution in [3.63, 3.8) is 0 Å². The Hall–Kier alpha value is -1.82. The third-order valence-corrected chi connectivity index (χ3v) is 4.28. The molecule has 6 heteroatoms. The minimum absolute atomic E-state index is 0.0726. The molecule has 0 bridgehead atoms. The second-order valence-corrected chi connectivity index (χ2v) is 5.82. The van der Waals surface area contributed by atoms with E-state index in [9.17, 15) is 9.59 Å². The summed E-state index contributed by atoms with van der Waals surface area (Å²) in [6, 6.07) is 1.97. The van der Waals surface area contributed by atoms with E-state index < -0.39 is 0 Å². The second kappa shape index (κ2) is 7.83. The molecule has 21 heavy (non-hydrogen) atoms. The fourth-order valence-electron chi connectivity index (χ4n) is 2.29. The fraction of sp³-hybridized carbons (Fsp3) is 0.467. The highest BCUT2D eigenvalue weighted by atomic mass is 32.1. The quantitative estimate of drug-likeness (QED) is 0.869. The Balaban J connectivity index is 1.67. The van der Waals surface area contributed by atoms with Gasteiger partial charge in [0.1, 0.15) is 0 Å². The highest BCUT2D eigenvalue weighted by Gasteiger charge is 2.23. The summed E-state index contributed by atoms with van der Waals surface area (Å²) in [6.07, 6.45) is 4.89. The summed E-state index contributed by atoms with van der Waals surface area (Å²) in [6.45, 7) is 2.04. The van der Waals surface area contributed by atoms with Gasteiger partial charge in [-0.25, -0.2) is 4.79 Å². The Morgan fingerprint density at radius 3 is 2.86 bits per heavy atom. The highest BCUT2D eigenvalue weighted by molar-refractivity contribution is 7.08. The summed E-state index contributed by atoms with van der Waals surface area (Å²) in [7, 11) is 1.40. The van der Waals surface area contributed by atoms with Gasteiger partial charge in [-0.05, 0) is 47.2 Å². The maximum absolute atomic E-state index is 11.7. The van der Waals surface area contributed by atoms with Crippen molar-refractivity contribution in [3.8, 4) is 0 Å². The number of nitrogens with one attached hydrogen (secondary N) is 1. The molecule has 1 fully saturated rings. The van der Waals surface area contributed by atoms with E-state index in [0.717, 1.165) is 18.4 Å². The van der Waals surface area contributed by atoms with Crippen LogP contribution >= 0.6 is 11.3 Å². The van der Waals surface area contributed by atoms with Crippen LogP contribution in [0.5, 0.6) is 0 Å². The van der Waals surface area contributed by atoms with Crippen LogP contribution in [-0.4, -0.2) is 43.6 Å². The number of ether oxygens (including phenoxy) is 1. The van der Waals surface area contributed by atoms with E-state index in [1.54, 1.807) is 22.3 Å². The van der Waals surface area contributed by atoms with Crippen LogP contribution in [0, 0.1) is 5.92 Å². The molecule has 2 rings (SSSR count). The molecule has 2 amide bonds. The average molecular weight is 308 g/mol. The van der Waals surface area contributed by atoms with Gasteiger partial charge in [-0.3, -0.25) is 4.79 Å². The standard InChI is InChI=1S/C15H20N2O3S/c1-20-15(19)17-7-4-12(5-8-17)10-16-14(18)3-2-13-6-9-21-11-13/h2-3,6,9,11-12H,4-5,7-8,10H2,1H3,(H,16,18). The smallest absolute Gasteiger partial charge is 0.409 e. The lowest BCUT2D eigenvalue weighted by Gasteiger charge is -2.30. The summed E-state index contributed by atoms with van der Waals surface area (Å²) in [5.74, 6) is 0.348. The molecule has 1 aromatic heterocycles. The first-order chi connectivity index (χ1) is 10.2. The minimum atomic E-state index is -0.267. The second-order valence-electron chi connectivity index (χ2n) is 5.04. The maximum Gasteiger partial charge on any atom is 0.409 e.